The van der Waals surface area contributed by atoms with E-state index in [-0.39, 0.29) is 0 Å². The quantitative estimate of drug-likeness (QED) is 0.883. The second-order valence-electron chi connectivity index (χ2n) is 3.98. The van der Waals surface area contributed by atoms with Crippen molar-refractivity contribution in [1.82, 2.24) is 15.3 Å². The van der Waals surface area contributed by atoms with Gasteiger partial charge in [-0.25, -0.2) is 4.98 Å². The molecule has 1 atom stereocenters. The first-order chi connectivity index (χ1) is 8.29. The molecule has 90 valence electrons. The van der Waals surface area contributed by atoms with Crippen LogP contribution in [0, 0.1) is 0 Å². The fourth-order valence-corrected chi connectivity index (χ4v) is 2.61. The summed E-state index contributed by atoms with van der Waals surface area (Å²) in [7, 11) is 0. The van der Waals surface area contributed by atoms with Crippen molar-refractivity contribution in [3.8, 4) is 0 Å². The maximum Gasteiger partial charge on any atom is 0.0972 e. The zero-order valence-electron chi connectivity index (χ0n) is 10.2. The molecule has 0 fully saturated rings. The lowest BCUT2D eigenvalue weighted by Crippen LogP contribution is -2.17. The molecule has 2 aromatic rings. The van der Waals surface area contributed by atoms with Crippen LogP contribution in [0.1, 0.15) is 36.2 Å². The highest BCUT2D eigenvalue weighted by atomic mass is 32.1. The van der Waals surface area contributed by atoms with Gasteiger partial charge >= 0.3 is 0 Å². The summed E-state index contributed by atoms with van der Waals surface area (Å²) < 4.78 is 0. The Morgan fingerprint density at radius 2 is 2.12 bits per heavy atom. The van der Waals surface area contributed by atoms with Crippen LogP contribution in [0.25, 0.3) is 0 Å². The van der Waals surface area contributed by atoms with Gasteiger partial charge in [0.2, 0.25) is 0 Å². The molecule has 0 aliphatic carbocycles. The van der Waals surface area contributed by atoms with Crippen LogP contribution in [0.5, 0.6) is 0 Å². The molecule has 0 radical (unpaired) electrons. The van der Waals surface area contributed by atoms with E-state index in [1.807, 2.05) is 24.5 Å². The molecule has 4 heteroatoms. The summed E-state index contributed by atoms with van der Waals surface area (Å²) in [5.74, 6) is 0. The molecule has 17 heavy (non-hydrogen) atoms. The summed E-state index contributed by atoms with van der Waals surface area (Å²) in [5, 5.41) is 6.68. The van der Waals surface area contributed by atoms with Gasteiger partial charge in [0.25, 0.3) is 0 Å². The van der Waals surface area contributed by atoms with E-state index in [2.05, 4.69) is 34.5 Å². The summed E-state index contributed by atoms with van der Waals surface area (Å²) in [5.41, 5.74) is 2.40. The fraction of sp³-hybridized carbons (Fsp3) is 0.385. The van der Waals surface area contributed by atoms with Crippen LogP contribution in [0.2, 0.25) is 0 Å². The number of nitrogens with one attached hydrogen (secondary N) is 1. The summed E-state index contributed by atoms with van der Waals surface area (Å²) in [6.07, 6.45) is 4.54. The van der Waals surface area contributed by atoms with Gasteiger partial charge in [0, 0.05) is 30.2 Å². The Hall–Kier alpha value is -1.26. The molecule has 0 saturated heterocycles. The lowest BCUT2D eigenvalue weighted by molar-refractivity contribution is 0.585. The molecule has 0 aliphatic heterocycles. The van der Waals surface area contributed by atoms with Gasteiger partial charge in [-0.1, -0.05) is 6.92 Å². The van der Waals surface area contributed by atoms with Crippen molar-refractivity contribution in [3.63, 3.8) is 0 Å². The van der Waals surface area contributed by atoms with Crippen LogP contribution in [0.3, 0.4) is 0 Å². The van der Waals surface area contributed by atoms with Crippen molar-refractivity contribution >= 4 is 11.3 Å². The molecule has 0 aromatic carbocycles. The lowest BCUT2D eigenvalue weighted by Gasteiger charge is -2.08. The van der Waals surface area contributed by atoms with Crippen molar-refractivity contribution < 1.29 is 0 Å². The van der Waals surface area contributed by atoms with E-state index in [0.29, 0.717) is 6.04 Å². The minimum absolute atomic E-state index is 0.336. The summed E-state index contributed by atoms with van der Waals surface area (Å²) in [4.78, 5) is 8.68. The Kier molecular flexibility index (Phi) is 4.23. The molecule has 1 N–H and O–H groups in total. The minimum Gasteiger partial charge on any atom is -0.309 e. The predicted molar refractivity (Wildman–Crippen MR) is 71.2 cm³/mol. The fourth-order valence-electron chi connectivity index (χ4n) is 1.69. The van der Waals surface area contributed by atoms with Crippen LogP contribution >= 0.6 is 11.3 Å². The average Bonchev–Trinajstić information content (AvgIpc) is 2.79. The standard InChI is InChI=1S/C13H17N3S/c1-3-15-10(2)12-9-17-13(16-12)8-11-4-6-14-7-5-11/h4-7,9-10,15H,3,8H2,1-2H3. The number of thiazole rings is 1. The van der Waals surface area contributed by atoms with Crippen molar-refractivity contribution in [2.24, 2.45) is 0 Å². The van der Waals surface area contributed by atoms with Crippen molar-refractivity contribution in [1.29, 1.82) is 0 Å². The van der Waals surface area contributed by atoms with Gasteiger partial charge in [-0.15, -0.1) is 11.3 Å². The summed E-state index contributed by atoms with van der Waals surface area (Å²) in [6, 6.07) is 4.41. The first kappa shape index (κ1) is 12.2. The normalized spacial score (nSPS) is 12.6. The Balaban J connectivity index is 2.04. The highest BCUT2D eigenvalue weighted by Crippen LogP contribution is 2.18. The third-order valence-corrected chi connectivity index (χ3v) is 3.50. The summed E-state index contributed by atoms with van der Waals surface area (Å²) >= 11 is 1.73. The molecule has 0 aliphatic rings. The number of nitrogens with zero attached hydrogens (tertiary/aromatic N) is 2. The van der Waals surface area contributed by atoms with Gasteiger partial charge < -0.3 is 5.32 Å². The van der Waals surface area contributed by atoms with E-state index in [0.717, 1.165) is 23.7 Å². The van der Waals surface area contributed by atoms with Crippen LogP contribution in [-0.4, -0.2) is 16.5 Å². The zero-order chi connectivity index (χ0) is 12.1. The molecule has 2 rings (SSSR count). The van der Waals surface area contributed by atoms with Gasteiger partial charge in [-0.2, -0.15) is 0 Å². The van der Waals surface area contributed by atoms with E-state index >= 15 is 0 Å². The van der Waals surface area contributed by atoms with Gasteiger partial charge in [0.1, 0.15) is 0 Å². The van der Waals surface area contributed by atoms with Crippen LogP contribution < -0.4 is 5.32 Å². The Bertz CT molecular complexity index is 453. The maximum atomic E-state index is 4.66. The Morgan fingerprint density at radius 1 is 1.35 bits per heavy atom. The average molecular weight is 247 g/mol. The van der Waals surface area contributed by atoms with Crippen molar-refractivity contribution in [2.45, 2.75) is 26.3 Å². The summed E-state index contributed by atoms with van der Waals surface area (Å²) in [6.45, 7) is 5.23. The number of hydrogen-bond donors (Lipinski definition) is 1. The maximum absolute atomic E-state index is 4.66. The van der Waals surface area contributed by atoms with Crippen LogP contribution in [0.15, 0.2) is 29.9 Å². The highest BCUT2D eigenvalue weighted by Gasteiger charge is 2.08. The minimum atomic E-state index is 0.336. The predicted octanol–water partition coefficient (Wildman–Crippen LogP) is 2.80. The molecule has 0 saturated carbocycles. The lowest BCUT2D eigenvalue weighted by atomic mass is 10.2. The first-order valence-corrected chi connectivity index (χ1v) is 6.74. The van der Waals surface area contributed by atoms with Crippen LogP contribution in [0.4, 0.5) is 0 Å². The molecule has 0 bridgehead atoms. The van der Waals surface area contributed by atoms with E-state index in [1.165, 1.54) is 5.56 Å². The second kappa shape index (κ2) is 5.89. The van der Waals surface area contributed by atoms with Gasteiger partial charge in [0.05, 0.1) is 10.7 Å². The Labute approximate surface area is 106 Å². The second-order valence-corrected chi connectivity index (χ2v) is 4.92. The van der Waals surface area contributed by atoms with E-state index in [1.54, 1.807) is 11.3 Å². The molecule has 2 aromatic heterocycles. The van der Waals surface area contributed by atoms with Crippen molar-refractivity contribution in [3.05, 3.63) is 46.2 Å². The Morgan fingerprint density at radius 3 is 2.82 bits per heavy atom. The number of hydrogen-bond acceptors (Lipinski definition) is 4. The van der Waals surface area contributed by atoms with Gasteiger partial charge in [0.15, 0.2) is 0 Å². The van der Waals surface area contributed by atoms with E-state index < -0.39 is 0 Å². The number of pyridine rings is 1. The highest BCUT2D eigenvalue weighted by molar-refractivity contribution is 7.09. The van der Waals surface area contributed by atoms with Gasteiger partial charge in [-0.3, -0.25) is 4.98 Å². The molecule has 0 amide bonds. The number of rotatable bonds is 5. The smallest absolute Gasteiger partial charge is 0.0972 e. The third-order valence-electron chi connectivity index (χ3n) is 2.63. The monoisotopic (exact) mass is 247 g/mol. The molecule has 2 heterocycles. The largest absolute Gasteiger partial charge is 0.309 e. The SMILES string of the molecule is CCNC(C)c1csc(Cc2ccncc2)n1. The van der Waals surface area contributed by atoms with Gasteiger partial charge in [-0.05, 0) is 31.2 Å². The van der Waals surface area contributed by atoms with E-state index in [9.17, 15) is 0 Å². The molecular weight excluding hydrogens is 230 g/mol. The molecule has 1 unspecified atom stereocenters. The van der Waals surface area contributed by atoms with Crippen molar-refractivity contribution in [2.75, 3.05) is 6.54 Å². The van der Waals surface area contributed by atoms with E-state index in [4.69, 9.17) is 0 Å². The topological polar surface area (TPSA) is 37.8 Å². The molecular formula is C13H17N3S. The third kappa shape index (κ3) is 3.35. The first-order valence-electron chi connectivity index (χ1n) is 5.86. The zero-order valence-corrected chi connectivity index (χ0v) is 11.0. The molecule has 3 nitrogen and oxygen atoms in total. The molecule has 0 spiro atoms. The number of aromatic nitrogens is 2. The van der Waals surface area contributed by atoms with Crippen LogP contribution in [-0.2, 0) is 6.42 Å².